The van der Waals surface area contributed by atoms with Gasteiger partial charge in [-0.2, -0.15) is 0 Å². The number of rotatable bonds is 4. The van der Waals surface area contributed by atoms with Gasteiger partial charge in [-0.1, -0.05) is 11.6 Å². The summed E-state index contributed by atoms with van der Waals surface area (Å²) in [6.45, 7) is -0.531. The smallest absolute Gasteiger partial charge is 0.124 e. The topological polar surface area (TPSA) is 69.9 Å². The molecule has 84 valence electrons. The van der Waals surface area contributed by atoms with Gasteiger partial charge >= 0.3 is 0 Å². The van der Waals surface area contributed by atoms with E-state index in [1.165, 1.54) is 13.2 Å². The minimum atomic E-state index is -1.25. The fourth-order valence-electron chi connectivity index (χ4n) is 1.24. The number of ether oxygens (including phenoxy) is 1. The van der Waals surface area contributed by atoms with Gasteiger partial charge in [-0.25, -0.2) is 0 Å². The molecule has 0 aliphatic heterocycles. The Morgan fingerprint density at radius 3 is 2.60 bits per heavy atom. The summed E-state index contributed by atoms with van der Waals surface area (Å²) >= 11 is 5.75. The van der Waals surface area contributed by atoms with Gasteiger partial charge in [0.05, 0.1) is 13.7 Å². The third-order valence-electron chi connectivity index (χ3n) is 2.06. The average molecular weight is 233 g/mol. The minimum absolute atomic E-state index is 0.353. The molecule has 0 aliphatic carbocycles. The molecule has 1 rings (SSSR count). The lowest BCUT2D eigenvalue weighted by molar-refractivity contribution is -0.0162. The number of benzene rings is 1. The molecule has 0 aromatic heterocycles. The quantitative estimate of drug-likeness (QED) is 0.716. The SMILES string of the molecule is COc1ccc(Cl)cc1C(O)C(O)CO. The molecule has 0 bridgehead atoms. The highest BCUT2D eigenvalue weighted by atomic mass is 35.5. The maximum Gasteiger partial charge on any atom is 0.124 e. The fraction of sp³-hybridized carbons (Fsp3) is 0.400. The van der Waals surface area contributed by atoms with Crippen LogP contribution in [0.1, 0.15) is 11.7 Å². The molecule has 2 unspecified atom stereocenters. The van der Waals surface area contributed by atoms with Crippen LogP contribution in [0.3, 0.4) is 0 Å². The highest BCUT2D eigenvalue weighted by Gasteiger charge is 2.21. The molecule has 0 spiro atoms. The van der Waals surface area contributed by atoms with Crippen LogP contribution in [0.5, 0.6) is 5.75 Å². The van der Waals surface area contributed by atoms with Crippen LogP contribution in [0.25, 0.3) is 0 Å². The number of aliphatic hydroxyl groups is 3. The van der Waals surface area contributed by atoms with Gasteiger partial charge in [-0.3, -0.25) is 0 Å². The molecule has 0 radical (unpaired) electrons. The Labute approximate surface area is 92.7 Å². The molecule has 1 aromatic carbocycles. The van der Waals surface area contributed by atoms with Crippen molar-refractivity contribution in [1.29, 1.82) is 0 Å². The lowest BCUT2D eigenvalue weighted by Gasteiger charge is -2.18. The summed E-state index contributed by atoms with van der Waals surface area (Å²) in [6.07, 6.45) is -2.47. The summed E-state index contributed by atoms with van der Waals surface area (Å²) in [5.74, 6) is 0.416. The Kier molecular flexibility index (Phi) is 4.35. The highest BCUT2D eigenvalue weighted by molar-refractivity contribution is 6.30. The normalized spacial score (nSPS) is 14.7. The van der Waals surface area contributed by atoms with Crippen LogP contribution >= 0.6 is 11.6 Å². The summed E-state index contributed by atoms with van der Waals surface area (Å²) in [6, 6.07) is 4.69. The zero-order chi connectivity index (χ0) is 11.4. The fourth-order valence-corrected chi connectivity index (χ4v) is 1.42. The third-order valence-corrected chi connectivity index (χ3v) is 2.30. The Hall–Kier alpha value is -0.810. The second-order valence-corrected chi connectivity index (χ2v) is 3.52. The molecule has 2 atom stereocenters. The Morgan fingerprint density at radius 2 is 2.07 bits per heavy atom. The Morgan fingerprint density at radius 1 is 1.40 bits per heavy atom. The van der Waals surface area contributed by atoms with Crippen molar-refractivity contribution >= 4 is 11.6 Å². The van der Waals surface area contributed by atoms with E-state index in [-0.39, 0.29) is 0 Å². The van der Waals surface area contributed by atoms with Crippen LogP contribution in [-0.4, -0.2) is 35.1 Å². The van der Waals surface area contributed by atoms with E-state index in [0.717, 1.165) is 0 Å². The predicted molar refractivity (Wildman–Crippen MR) is 56.1 cm³/mol. The Bertz CT molecular complexity index is 329. The molecule has 0 aliphatic rings. The lowest BCUT2D eigenvalue weighted by Crippen LogP contribution is -2.22. The van der Waals surface area contributed by atoms with Crippen molar-refractivity contribution in [1.82, 2.24) is 0 Å². The summed E-state index contributed by atoms with van der Waals surface area (Å²) in [5.41, 5.74) is 0.353. The van der Waals surface area contributed by atoms with Crippen LogP contribution in [0.4, 0.5) is 0 Å². The van der Waals surface area contributed by atoms with Crippen LogP contribution in [-0.2, 0) is 0 Å². The molecule has 0 saturated carbocycles. The first kappa shape index (κ1) is 12.3. The molecule has 4 nitrogen and oxygen atoms in total. The van der Waals surface area contributed by atoms with Crippen LogP contribution in [0.2, 0.25) is 5.02 Å². The zero-order valence-electron chi connectivity index (χ0n) is 8.22. The number of aliphatic hydroxyl groups excluding tert-OH is 3. The van der Waals surface area contributed by atoms with E-state index in [1.54, 1.807) is 12.1 Å². The maximum absolute atomic E-state index is 9.68. The molecule has 5 heteroatoms. The number of hydrogen-bond donors (Lipinski definition) is 3. The van der Waals surface area contributed by atoms with Crippen molar-refractivity contribution in [3.8, 4) is 5.75 Å². The van der Waals surface area contributed by atoms with Gasteiger partial charge in [-0.05, 0) is 18.2 Å². The van der Waals surface area contributed by atoms with Crippen LogP contribution in [0.15, 0.2) is 18.2 Å². The maximum atomic E-state index is 9.68. The third kappa shape index (κ3) is 2.82. The van der Waals surface area contributed by atoms with E-state index in [9.17, 15) is 10.2 Å². The van der Waals surface area contributed by atoms with E-state index < -0.39 is 18.8 Å². The molecule has 0 fully saturated rings. The van der Waals surface area contributed by atoms with E-state index in [0.29, 0.717) is 16.3 Å². The van der Waals surface area contributed by atoms with E-state index in [4.69, 9.17) is 21.4 Å². The number of methoxy groups -OCH3 is 1. The van der Waals surface area contributed by atoms with Gasteiger partial charge < -0.3 is 20.1 Å². The zero-order valence-corrected chi connectivity index (χ0v) is 8.98. The Balaban J connectivity index is 3.05. The molecule has 15 heavy (non-hydrogen) atoms. The van der Waals surface area contributed by atoms with Crippen molar-refractivity contribution in [2.45, 2.75) is 12.2 Å². The average Bonchev–Trinajstić information content (AvgIpc) is 2.27. The first-order chi connectivity index (χ1) is 7.10. The molecule has 0 amide bonds. The molecule has 3 N–H and O–H groups in total. The van der Waals surface area contributed by atoms with Crippen molar-refractivity contribution in [2.24, 2.45) is 0 Å². The summed E-state index contributed by atoms with van der Waals surface area (Å²) < 4.78 is 5.00. The second-order valence-electron chi connectivity index (χ2n) is 3.08. The van der Waals surface area contributed by atoms with Gasteiger partial charge in [-0.15, -0.1) is 0 Å². The summed E-state index contributed by atoms with van der Waals surface area (Å²) in [7, 11) is 1.45. The number of hydrogen-bond acceptors (Lipinski definition) is 4. The van der Waals surface area contributed by atoms with Crippen LogP contribution < -0.4 is 4.74 Å². The van der Waals surface area contributed by atoms with Gasteiger partial charge in [0.1, 0.15) is 18.0 Å². The first-order valence-electron chi connectivity index (χ1n) is 4.40. The number of halogens is 1. The minimum Gasteiger partial charge on any atom is -0.496 e. The van der Waals surface area contributed by atoms with Gasteiger partial charge in [0.2, 0.25) is 0 Å². The van der Waals surface area contributed by atoms with E-state index >= 15 is 0 Å². The largest absolute Gasteiger partial charge is 0.496 e. The molecule has 0 heterocycles. The first-order valence-corrected chi connectivity index (χ1v) is 4.78. The summed E-state index contributed by atoms with van der Waals surface area (Å²) in [4.78, 5) is 0. The van der Waals surface area contributed by atoms with Crippen LogP contribution in [0, 0.1) is 0 Å². The lowest BCUT2D eigenvalue weighted by atomic mass is 10.0. The van der Waals surface area contributed by atoms with E-state index in [1.807, 2.05) is 0 Å². The van der Waals surface area contributed by atoms with Crippen molar-refractivity contribution in [2.75, 3.05) is 13.7 Å². The molecular formula is C10H13ClO4. The van der Waals surface area contributed by atoms with Gasteiger partial charge in [0.25, 0.3) is 0 Å². The van der Waals surface area contributed by atoms with Gasteiger partial charge in [0, 0.05) is 10.6 Å². The summed E-state index contributed by atoms with van der Waals surface area (Å²) in [5, 5.41) is 28.1. The van der Waals surface area contributed by atoms with Crippen molar-refractivity contribution in [3.63, 3.8) is 0 Å². The standard InChI is InChI=1S/C10H13ClO4/c1-15-9-3-2-6(11)4-7(9)10(14)8(13)5-12/h2-4,8,10,12-14H,5H2,1H3. The molecular weight excluding hydrogens is 220 g/mol. The predicted octanol–water partition coefficient (Wildman–Crippen LogP) is 0.735. The molecule has 0 saturated heterocycles. The second kappa shape index (κ2) is 5.32. The molecule has 1 aromatic rings. The van der Waals surface area contributed by atoms with Gasteiger partial charge in [0.15, 0.2) is 0 Å². The van der Waals surface area contributed by atoms with Crippen molar-refractivity contribution < 1.29 is 20.1 Å². The van der Waals surface area contributed by atoms with Crippen molar-refractivity contribution in [3.05, 3.63) is 28.8 Å². The van der Waals surface area contributed by atoms with E-state index in [2.05, 4.69) is 0 Å². The highest BCUT2D eigenvalue weighted by Crippen LogP contribution is 2.29. The monoisotopic (exact) mass is 232 g/mol.